The lowest BCUT2D eigenvalue weighted by Gasteiger charge is -2.04. The number of halogens is 2. The molecular weight excluding hydrogens is 255 g/mol. The Balaban J connectivity index is 2.25. The van der Waals surface area contributed by atoms with Crippen LogP contribution in [0.1, 0.15) is 5.56 Å². The van der Waals surface area contributed by atoms with Gasteiger partial charge in [0.25, 0.3) is 0 Å². The van der Waals surface area contributed by atoms with Gasteiger partial charge in [-0.1, -0.05) is 17.7 Å². The van der Waals surface area contributed by atoms with E-state index in [0.29, 0.717) is 27.4 Å². The molecule has 1 aromatic carbocycles. The van der Waals surface area contributed by atoms with Crippen LogP contribution in [0, 0.1) is 12.7 Å². The van der Waals surface area contributed by atoms with Crippen molar-refractivity contribution in [1.82, 2.24) is 19.7 Å². The predicted molar refractivity (Wildman–Crippen MR) is 66.4 cm³/mol. The monoisotopic (exact) mass is 262 g/mol. The smallest absolute Gasteiger partial charge is 0.167 e. The van der Waals surface area contributed by atoms with Gasteiger partial charge in [-0.15, -0.1) is 0 Å². The van der Waals surface area contributed by atoms with E-state index in [9.17, 15) is 4.39 Å². The maximum absolute atomic E-state index is 13.6. The number of rotatable bonds is 1. The second kappa shape index (κ2) is 4.03. The summed E-state index contributed by atoms with van der Waals surface area (Å²) in [5.41, 5.74) is 1.74. The summed E-state index contributed by atoms with van der Waals surface area (Å²) in [7, 11) is 0. The molecule has 0 N–H and O–H groups in total. The molecule has 0 aliphatic heterocycles. The molecule has 0 spiro atoms. The Morgan fingerprint density at radius 3 is 2.89 bits per heavy atom. The number of fused-ring (bicyclic) bond motifs is 1. The highest BCUT2D eigenvalue weighted by molar-refractivity contribution is 6.33. The fourth-order valence-electron chi connectivity index (χ4n) is 1.72. The first-order valence-electron chi connectivity index (χ1n) is 5.27. The van der Waals surface area contributed by atoms with E-state index in [1.807, 2.05) is 0 Å². The van der Waals surface area contributed by atoms with Crippen LogP contribution in [0.5, 0.6) is 0 Å². The van der Waals surface area contributed by atoms with Gasteiger partial charge in [0, 0.05) is 0 Å². The van der Waals surface area contributed by atoms with Crippen LogP contribution in [0.15, 0.2) is 30.7 Å². The van der Waals surface area contributed by atoms with Gasteiger partial charge in [-0.25, -0.2) is 19.0 Å². The van der Waals surface area contributed by atoms with Crippen LogP contribution in [-0.2, 0) is 0 Å². The van der Waals surface area contributed by atoms with E-state index in [-0.39, 0.29) is 5.82 Å². The van der Waals surface area contributed by atoms with Crippen molar-refractivity contribution >= 4 is 22.6 Å². The lowest BCUT2D eigenvalue weighted by Crippen LogP contribution is -1.99. The Kier molecular flexibility index (Phi) is 2.48. The molecule has 2 aromatic heterocycles. The van der Waals surface area contributed by atoms with E-state index in [2.05, 4.69) is 15.1 Å². The highest BCUT2D eigenvalue weighted by atomic mass is 35.5. The Hall–Kier alpha value is -2.01. The Morgan fingerprint density at radius 1 is 1.28 bits per heavy atom. The summed E-state index contributed by atoms with van der Waals surface area (Å²) >= 11 is 5.94. The molecular formula is C12H8ClFN4. The molecule has 90 valence electrons. The number of benzene rings is 1. The predicted octanol–water partition coefficient (Wildman–Crippen LogP) is 2.92. The zero-order valence-electron chi connectivity index (χ0n) is 9.43. The summed E-state index contributed by atoms with van der Waals surface area (Å²) in [5, 5.41) is 5.13. The van der Waals surface area contributed by atoms with Crippen LogP contribution < -0.4 is 0 Å². The van der Waals surface area contributed by atoms with Crippen LogP contribution in [0.25, 0.3) is 16.7 Å². The number of hydrogen-bond donors (Lipinski definition) is 0. The lowest BCUT2D eigenvalue weighted by atomic mass is 10.2. The van der Waals surface area contributed by atoms with E-state index in [1.54, 1.807) is 25.3 Å². The molecule has 0 bridgehead atoms. The van der Waals surface area contributed by atoms with Crippen LogP contribution in [0.4, 0.5) is 4.39 Å². The van der Waals surface area contributed by atoms with Crippen molar-refractivity contribution in [2.24, 2.45) is 0 Å². The number of hydrogen-bond acceptors (Lipinski definition) is 3. The fraction of sp³-hybridized carbons (Fsp3) is 0.0833. The van der Waals surface area contributed by atoms with Gasteiger partial charge in [-0.3, -0.25) is 0 Å². The van der Waals surface area contributed by atoms with Crippen molar-refractivity contribution < 1.29 is 4.39 Å². The van der Waals surface area contributed by atoms with Gasteiger partial charge >= 0.3 is 0 Å². The molecule has 3 rings (SSSR count). The van der Waals surface area contributed by atoms with Crippen molar-refractivity contribution in [1.29, 1.82) is 0 Å². The van der Waals surface area contributed by atoms with Crippen LogP contribution >= 0.6 is 11.6 Å². The largest absolute Gasteiger partial charge is 0.224 e. The molecule has 2 heterocycles. The van der Waals surface area contributed by atoms with E-state index in [1.165, 1.54) is 17.1 Å². The van der Waals surface area contributed by atoms with E-state index in [0.717, 1.165) is 0 Å². The summed E-state index contributed by atoms with van der Waals surface area (Å²) in [6.45, 7) is 1.71. The topological polar surface area (TPSA) is 43.6 Å². The lowest BCUT2D eigenvalue weighted by molar-refractivity contribution is 0.616. The third-order valence-electron chi connectivity index (χ3n) is 2.72. The second-order valence-corrected chi connectivity index (χ2v) is 4.25. The second-order valence-electron chi connectivity index (χ2n) is 3.89. The summed E-state index contributed by atoms with van der Waals surface area (Å²) in [5.74, 6) is -0.281. The average molecular weight is 263 g/mol. The minimum absolute atomic E-state index is 0.281. The molecule has 0 unspecified atom stereocenters. The summed E-state index contributed by atoms with van der Waals surface area (Å²) in [4.78, 5) is 7.99. The average Bonchev–Trinajstić information content (AvgIpc) is 2.78. The third kappa shape index (κ3) is 1.64. The molecule has 0 amide bonds. The molecule has 3 aromatic rings. The molecule has 0 atom stereocenters. The normalized spacial score (nSPS) is 11.1. The Morgan fingerprint density at radius 2 is 2.11 bits per heavy atom. The molecule has 18 heavy (non-hydrogen) atoms. The number of aryl methyl sites for hydroxylation is 1. The highest BCUT2D eigenvalue weighted by Crippen LogP contribution is 2.22. The molecule has 0 radical (unpaired) electrons. The van der Waals surface area contributed by atoms with E-state index < -0.39 is 0 Å². The minimum Gasteiger partial charge on any atom is -0.224 e. The molecule has 6 heteroatoms. The van der Waals surface area contributed by atoms with Crippen molar-refractivity contribution in [2.75, 3.05) is 0 Å². The van der Waals surface area contributed by atoms with Crippen LogP contribution in [0.3, 0.4) is 0 Å². The molecule has 0 fully saturated rings. The van der Waals surface area contributed by atoms with Crippen LogP contribution in [-0.4, -0.2) is 19.7 Å². The van der Waals surface area contributed by atoms with Gasteiger partial charge in [0.2, 0.25) is 0 Å². The molecule has 0 saturated heterocycles. The van der Waals surface area contributed by atoms with Gasteiger partial charge in [-0.2, -0.15) is 5.10 Å². The summed E-state index contributed by atoms with van der Waals surface area (Å²) in [6.07, 6.45) is 2.92. The van der Waals surface area contributed by atoms with Crippen molar-refractivity contribution in [3.8, 4) is 5.69 Å². The molecule has 0 aliphatic carbocycles. The summed E-state index contributed by atoms with van der Waals surface area (Å²) in [6, 6.07) is 4.89. The zero-order chi connectivity index (χ0) is 12.7. The SMILES string of the molecule is Cc1ccc(-n2ncc3c(Cl)ncnc32)cc1F. The Bertz CT molecular complexity index is 738. The number of aromatic nitrogens is 4. The van der Waals surface area contributed by atoms with E-state index in [4.69, 9.17) is 11.6 Å². The Labute approximate surface area is 107 Å². The first-order chi connectivity index (χ1) is 8.66. The van der Waals surface area contributed by atoms with Gasteiger partial charge in [0.05, 0.1) is 17.3 Å². The third-order valence-corrected chi connectivity index (χ3v) is 3.02. The molecule has 4 nitrogen and oxygen atoms in total. The van der Waals surface area contributed by atoms with Gasteiger partial charge in [-0.05, 0) is 24.6 Å². The first kappa shape index (κ1) is 11.1. The van der Waals surface area contributed by atoms with Gasteiger partial charge < -0.3 is 0 Å². The molecule has 0 aliphatic rings. The standard InChI is InChI=1S/C12H8ClFN4/c1-7-2-3-8(4-10(7)14)18-12-9(5-17-18)11(13)15-6-16-12/h2-6H,1H3. The van der Waals surface area contributed by atoms with Gasteiger partial charge in [0.15, 0.2) is 5.65 Å². The highest BCUT2D eigenvalue weighted by Gasteiger charge is 2.10. The zero-order valence-corrected chi connectivity index (χ0v) is 10.2. The minimum atomic E-state index is -0.281. The van der Waals surface area contributed by atoms with Crippen LogP contribution in [0.2, 0.25) is 5.15 Å². The molecule has 0 saturated carbocycles. The maximum atomic E-state index is 13.6. The number of nitrogens with zero attached hydrogens (tertiary/aromatic N) is 4. The van der Waals surface area contributed by atoms with Crippen molar-refractivity contribution in [2.45, 2.75) is 6.92 Å². The maximum Gasteiger partial charge on any atom is 0.167 e. The quantitative estimate of drug-likeness (QED) is 0.634. The summed E-state index contributed by atoms with van der Waals surface area (Å²) < 4.78 is 15.1. The van der Waals surface area contributed by atoms with E-state index >= 15 is 0 Å². The fourth-order valence-corrected chi connectivity index (χ4v) is 1.89. The van der Waals surface area contributed by atoms with Crippen molar-refractivity contribution in [3.63, 3.8) is 0 Å². The van der Waals surface area contributed by atoms with Crippen molar-refractivity contribution in [3.05, 3.63) is 47.3 Å². The van der Waals surface area contributed by atoms with Gasteiger partial charge in [0.1, 0.15) is 17.3 Å². The first-order valence-corrected chi connectivity index (χ1v) is 5.65.